The minimum Gasteiger partial charge on any atom is -0.356 e. The van der Waals surface area contributed by atoms with Crippen molar-refractivity contribution < 1.29 is 4.39 Å². The molecule has 0 amide bonds. The maximum Gasteiger partial charge on any atom is 0.191 e. The number of aryl methyl sites for hydroxylation is 2. The van der Waals surface area contributed by atoms with E-state index in [9.17, 15) is 4.39 Å². The van der Waals surface area contributed by atoms with Crippen LogP contribution in [0.2, 0.25) is 0 Å². The Morgan fingerprint density at radius 3 is 2.65 bits per heavy atom. The fourth-order valence-corrected chi connectivity index (χ4v) is 4.05. The summed E-state index contributed by atoms with van der Waals surface area (Å²) in [6, 6.07) is 6.95. The third kappa shape index (κ3) is 5.16. The molecule has 1 fully saturated rings. The third-order valence-corrected chi connectivity index (χ3v) is 5.89. The second-order valence-electron chi connectivity index (χ2n) is 6.63. The maximum absolute atomic E-state index is 13.5. The van der Waals surface area contributed by atoms with Gasteiger partial charge in [0.05, 0.1) is 10.7 Å². The van der Waals surface area contributed by atoms with Crippen LogP contribution < -0.4 is 10.6 Å². The number of nitrogens with one attached hydrogen (secondary N) is 2. The molecule has 1 aliphatic rings. The molecule has 7 heteroatoms. The second-order valence-corrected chi connectivity index (χ2v) is 7.92. The molecule has 1 aromatic carbocycles. The van der Waals surface area contributed by atoms with Gasteiger partial charge in [0.1, 0.15) is 5.82 Å². The van der Waals surface area contributed by atoms with Crippen molar-refractivity contribution in [2.24, 2.45) is 4.99 Å². The number of rotatable bonds is 6. The number of hydrogen-bond acceptors (Lipinski definition) is 3. The summed E-state index contributed by atoms with van der Waals surface area (Å²) in [4.78, 5) is 10.1. The highest BCUT2D eigenvalue weighted by Gasteiger charge is 2.44. The van der Waals surface area contributed by atoms with Gasteiger partial charge in [0.15, 0.2) is 5.96 Å². The zero-order chi connectivity index (χ0) is 17.9. The molecule has 0 aliphatic heterocycles. The summed E-state index contributed by atoms with van der Waals surface area (Å²) in [5.41, 5.74) is 2.24. The van der Waals surface area contributed by atoms with E-state index in [1.54, 1.807) is 30.5 Å². The minimum atomic E-state index is -0.165. The fourth-order valence-electron chi connectivity index (χ4n) is 3.11. The molecule has 142 valence electrons. The van der Waals surface area contributed by atoms with Crippen LogP contribution in [0.5, 0.6) is 0 Å². The van der Waals surface area contributed by atoms with Gasteiger partial charge in [-0.3, -0.25) is 4.99 Å². The Hall–Kier alpha value is -1.22. The number of nitrogens with zero attached hydrogens (tertiary/aromatic N) is 2. The fraction of sp³-hybridized carbons (Fsp3) is 0.474. The molecule has 1 aromatic heterocycles. The molecule has 2 N–H and O–H groups in total. The van der Waals surface area contributed by atoms with Gasteiger partial charge in [-0.05, 0) is 44.4 Å². The van der Waals surface area contributed by atoms with Gasteiger partial charge in [0.2, 0.25) is 0 Å². The van der Waals surface area contributed by atoms with Crippen molar-refractivity contribution in [1.29, 1.82) is 0 Å². The summed E-state index contributed by atoms with van der Waals surface area (Å²) >= 11 is 1.75. The molecule has 0 atom stereocenters. The first-order valence-electron chi connectivity index (χ1n) is 8.66. The lowest BCUT2D eigenvalue weighted by atomic mass is 9.96. The predicted molar refractivity (Wildman–Crippen MR) is 117 cm³/mol. The topological polar surface area (TPSA) is 49.3 Å². The number of thiazole rings is 1. The standard InChI is InChI=1S/C19H25FN4S.HI/c1-13-17(25-14(2)24-13)7-10-22-18(21-3)23-12-19(8-9-19)15-5-4-6-16(20)11-15;/h4-6,11H,7-10,12H2,1-3H3,(H2,21,22,23);1H. The molecule has 2 aromatic rings. The number of hydrogen-bond donors (Lipinski definition) is 2. The Morgan fingerprint density at radius 2 is 2.08 bits per heavy atom. The van der Waals surface area contributed by atoms with Crippen LogP contribution in [0.1, 0.15) is 34.0 Å². The average molecular weight is 488 g/mol. The van der Waals surface area contributed by atoms with Crippen LogP contribution in [0, 0.1) is 19.7 Å². The van der Waals surface area contributed by atoms with E-state index in [1.165, 1.54) is 10.9 Å². The Labute approximate surface area is 175 Å². The van der Waals surface area contributed by atoms with Crippen LogP contribution in [-0.2, 0) is 11.8 Å². The first kappa shape index (κ1) is 21.1. The lowest BCUT2D eigenvalue weighted by Crippen LogP contribution is -2.42. The van der Waals surface area contributed by atoms with Crippen molar-refractivity contribution in [2.75, 3.05) is 20.1 Å². The smallest absolute Gasteiger partial charge is 0.191 e. The lowest BCUT2D eigenvalue weighted by Gasteiger charge is -2.19. The number of aromatic nitrogens is 1. The molecule has 0 unspecified atom stereocenters. The summed E-state index contributed by atoms with van der Waals surface area (Å²) < 4.78 is 13.5. The van der Waals surface area contributed by atoms with Crippen LogP contribution in [0.15, 0.2) is 29.3 Å². The molecule has 4 nitrogen and oxygen atoms in total. The van der Waals surface area contributed by atoms with E-state index in [2.05, 4.69) is 27.5 Å². The number of halogens is 2. The lowest BCUT2D eigenvalue weighted by molar-refractivity contribution is 0.607. The summed E-state index contributed by atoms with van der Waals surface area (Å²) in [5, 5.41) is 7.87. The molecule has 1 saturated carbocycles. The molecule has 1 aliphatic carbocycles. The van der Waals surface area contributed by atoms with Crippen LogP contribution in [0.3, 0.4) is 0 Å². The number of guanidine groups is 1. The van der Waals surface area contributed by atoms with E-state index >= 15 is 0 Å². The first-order valence-corrected chi connectivity index (χ1v) is 9.47. The Morgan fingerprint density at radius 1 is 1.31 bits per heavy atom. The van der Waals surface area contributed by atoms with Crippen LogP contribution in [0.25, 0.3) is 0 Å². The Balaban J connectivity index is 0.00000243. The quantitative estimate of drug-likeness (QED) is 0.368. The van der Waals surface area contributed by atoms with Crippen molar-refractivity contribution in [3.8, 4) is 0 Å². The molecule has 0 radical (unpaired) electrons. The van der Waals surface area contributed by atoms with Gasteiger partial charge in [-0.1, -0.05) is 12.1 Å². The zero-order valence-electron chi connectivity index (χ0n) is 15.4. The van der Waals surface area contributed by atoms with E-state index in [1.807, 2.05) is 13.0 Å². The highest BCUT2D eigenvalue weighted by molar-refractivity contribution is 14.0. The van der Waals surface area contributed by atoms with Crippen molar-refractivity contribution in [2.45, 2.75) is 38.5 Å². The van der Waals surface area contributed by atoms with Crippen molar-refractivity contribution in [3.63, 3.8) is 0 Å². The molecule has 1 heterocycles. The highest BCUT2D eigenvalue weighted by atomic mass is 127. The van der Waals surface area contributed by atoms with Gasteiger partial charge < -0.3 is 10.6 Å². The van der Waals surface area contributed by atoms with E-state index in [0.717, 1.165) is 54.6 Å². The SMILES string of the molecule is CN=C(NCCc1sc(C)nc1C)NCC1(c2cccc(F)c2)CC1.I. The average Bonchev–Trinajstić information content (AvgIpc) is 3.31. The van der Waals surface area contributed by atoms with Gasteiger partial charge in [0.25, 0.3) is 0 Å². The summed E-state index contributed by atoms with van der Waals surface area (Å²) in [6.07, 6.45) is 3.10. The summed E-state index contributed by atoms with van der Waals surface area (Å²) in [5.74, 6) is 0.628. The van der Waals surface area contributed by atoms with E-state index < -0.39 is 0 Å². The van der Waals surface area contributed by atoms with E-state index in [0.29, 0.717) is 0 Å². The first-order chi connectivity index (χ1) is 12.0. The third-order valence-electron chi connectivity index (χ3n) is 4.75. The molecular formula is C19H26FIN4S. The molecule has 0 bridgehead atoms. The summed E-state index contributed by atoms with van der Waals surface area (Å²) in [6.45, 7) is 5.68. The maximum atomic E-state index is 13.5. The van der Waals surface area contributed by atoms with Gasteiger partial charge in [-0.2, -0.15) is 0 Å². The zero-order valence-corrected chi connectivity index (χ0v) is 18.6. The van der Waals surface area contributed by atoms with Gasteiger partial charge in [-0.25, -0.2) is 9.37 Å². The normalized spacial score (nSPS) is 15.3. The van der Waals surface area contributed by atoms with Crippen molar-refractivity contribution >= 4 is 41.3 Å². The molecular weight excluding hydrogens is 462 g/mol. The summed E-state index contributed by atoms with van der Waals surface area (Å²) in [7, 11) is 1.78. The molecule has 0 saturated heterocycles. The predicted octanol–water partition coefficient (Wildman–Crippen LogP) is 3.96. The van der Waals surface area contributed by atoms with Crippen LogP contribution in [0.4, 0.5) is 4.39 Å². The van der Waals surface area contributed by atoms with Crippen LogP contribution in [-0.4, -0.2) is 31.1 Å². The number of benzene rings is 1. The van der Waals surface area contributed by atoms with E-state index in [4.69, 9.17) is 0 Å². The highest BCUT2D eigenvalue weighted by Crippen LogP contribution is 2.47. The van der Waals surface area contributed by atoms with Gasteiger partial charge in [0, 0.05) is 36.9 Å². The monoisotopic (exact) mass is 488 g/mol. The Bertz CT molecular complexity index is 771. The largest absolute Gasteiger partial charge is 0.356 e. The van der Waals surface area contributed by atoms with Crippen molar-refractivity contribution in [1.82, 2.24) is 15.6 Å². The van der Waals surface area contributed by atoms with Gasteiger partial charge >= 0.3 is 0 Å². The number of aliphatic imine (C=N–C) groups is 1. The van der Waals surface area contributed by atoms with Crippen LogP contribution >= 0.6 is 35.3 Å². The molecule has 0 spiro atoms. The molecule has 3 rings (SSSR count). The van der Waals surface area contributed by atoms with Crippen molar-refractivity contribution in [3.05, 3.63) is 51.2 Å². The Kier molecular flexibility index (Phi) is 7.40. The van der Waals surface area contributed by atoms with E-state index in [-0.39, 0.29) is 35.2 Å². The minimum absolute atomic E-state index is 0. The van der Waals surface area contributed by atoms with Gasteiger partial charge in [-0.15, -0.1) is 35.3 Å². The second kappa shape index (κ2) is 9.12. The molecule has 26 heavy (non-hydrogen) atoms.